The number of anilines is 2. The summed E-state index contributed by atoms with van der Waals surface area (Å²) in [6.07, 6.45) is 3.58. The van der Waals surface area contributed by atoms with E-state index in [2.05, 4.69) is 26.1 Å². The highest BCUT2D eigenvalue weighted by molar-refractivity contribution is 9.10. The van der Waals surface area contributed by atoms with Gasteiger partial charge in [0, 0.05) is 28.3 Å². The molecule has 5 nitrogen and oxygen atoms in total. The van der Waals surface area contributed by atoms with Crippen molar-refractivity contribution in [2.24, 2.45) is 0 Å². The number of carbonyl (C=O) groups is 1. The van der Waals surface area contributed by atoms with Crippen LogP contribution in [0.2, 0.25) is 0 Å². The smallest absolute Gasteiger partial charge is 0.257 e. The number of rotatable bonds is 4. The molecule has 0 spiro atoms. The van der Waals surface area contributed by atoms with Gasteiger partial charge in [0.1, 0.15) is 0 Å². The van der Waals surface area contributed by atoms with Gasteiger partial charge in [-0.3, -0.25) is 4.79 Å². The molecule has 1 aromatic carbocycles. The largest absolute Gasteiger partial charge is 0.395 e. The van der Waals surface area contributed by atoms with Gasteiger partial charge in [0.05, 0.1) is 12.3 Å². The Morgan fingerprint density at radius 2 is 2.05 bits per heavy atom. The molecule has 1 unspecified atom stereocenters. The monoisotopic (exact) mass is 354 g/mol. The Morgan fingerprint density at radius 3 is 2.71 bits per heavy atom. The van der Waals surface area contributed by atoms with Crippen LogP contribution in [0.15, 0.2) is 16.6 Å². The Morgan fingerprint density at radius 1 is 1.33 bits per heavy atom. The molecule has 0 saturated heterocycles. The predicted octanol–water partition coefficient (Wildman–Crippen LogP) is 2.18. The van der Waals surface area contributed by atoms with E-state index < -0.39 is 6.10 Å². The number of aliphatic hydroxyl groups excluding tert-OH is 2. The van der Waals surface area contributed by atoms with Gasteiger partial charge in [0.25, 0.3) is 5.91 Å². The number of amides is 1. The molecule has 0 radical (unpaired) electrons. The SMILES string of the molecule is O=C1Nc2cc(N(CCO)C3CCCC3)c(Br)cc2C1O. The van der Waals surface area contributed by atoms with Gasteiger partial charge >= 0.3 is 0 Å². The maximum atomic E-state index is 11.6. The molecule has 1 aliphatic heterocycles. The van der Waals surface area contributed by atoms with Crippen molar-refractivity contribution in [2.45, 2.75) is 37.8 Å². The molecule has 1 aromatic rings. The van der Waals surface area contributed by atoms with E-state index in [1.54, 1.807) is 6.07 Å². The molecule has 21 heavy (non-hydrogen) atoms. The molecular weight excluding hydrogens is 336 g/mol. The average molecular weight is 355 g/mol. The van der Waals surface area contributed by atoms with E-state index in [9.17, 15) is 15.0 Å². The molecule has 6 heteroatoms. The summed E-state index contributed by atoms with van der Waals surface area (Å²) < 4.78 is 0.845. The lowest BCUT2D eigenvalue weighted by Gasteiger charge is -2.32. The highest BCUT2D eigenvalue weighted by atomic mass is 79.9. The zero-order valence-corrected chi connectivity index (χ0v) is 13.3. The number of nitrogens with one attached hydrogen (secondary N) is 1. The van der Waals surface area contributed by atoms with Crippen LogP contribution in [-0.4, -0.2) is 35.3 Å². The highest BCUT2D eigenvalue weighted by Crippen LogP contribution is 2.40. The minimum Gasteiger partial charge on any atom is -0.395 e. The first-order valence-corrected chi connectivity index (χ1v) is 8.11. The third kappa shape index (κ3) is 2.67. The molecule has 1 amide bonds. The Hall–Kier alpha value is -1.11. The summed E-state index contributed by atoms with van der Waals surface area (Å²) in [5, 5.41) is 21.9. The van der Waals surface area contributed by atoms with E-state index in [1.807, 2.05) is 6.07 Å². The van der Waals surface area contributed by atoms with Crippen LogP contribution < -0.4 is 10.2 Å². The van der Waals surface area contributed by atoms with Crippen LogP contribution in [0.3, 0.4) is 0 Å². The van der Waals surface area contributed by atoms with Crippen LogP contribution in [0.5, 0.6) is 0 Å². The first-order valence-electron chi connectivity index (χ1n) is 7.31. The van der Waals surface area contributed by atoms with Gasteiger partial charge in [-0.2, -0.15) is 0 Å². The van der Waals surface area contributed by atoms with Crippen LogP contribution in [0.25, 0.3) is 0 Å². The number of halogens is 1. The van der Waals surface area contributed by atoms with E-state index in [4.69, 9.17) is 0 Å². The lowest BCUT2D eigenvalue weighted by Crippen LogP contribution is -2.36. The van der Waals surface area contributed by atoms with Crippen molar-refractivity contribution in [1.29, 1.82) is 0 Å². The summed E-state index contributed by atoms with van der Waals surface area (Å²) in [6.45, 7) is 0.660. The second kappa shape index (κ2) is 5.94. The number of carbonyl (C=O) groups excluding carboxylic acids is 1. The quantitative estimate of drug-likeness (QED) is 0.774. The fourth-order valence-corrected chi connectivity index (χ4v) is 3.89. The summed E-state index contributed by atoms with van der Waals surface area (Å²) in [4.78, 5) is 13.8. The summed E-state index contributed by atoms with van der Waals surface area (Å²) >= 11 is 3.54. The minimum atomic E-state index is -1.09. The van der Waals surface area contributed by atoms with Crippen molar-refractivity contribution in [3.8, 4) is 0 Å². The Labute approximate surface area is 132 Å². The third-order valence-corrected chi connectivity index (χ3v) is 4.97. The van der Waals surface area contributed by atoms with Crippen LogP contribution in [0, 0.1) is 0 Å². The molecule has 114 valence electrons. The molecule has 0 aromatic heterocycles. The Kier molecular flexibility index (Phi) is 4.19. The summed E-state index contributed by atoms with van der Waals surface area (Å²) in [6, 6.07) is 4.11. The molecule has 2 aliphatic rings. The van der Waals surface area contributed by atoms with Crippen molar-refractivity contribution in [1.82, 2.24) is 0 Å². The van der Waals surface area contributed by atoms with E-state index in [-0.39, 0.29) is 12.5 Å². The second-order valence-corrected chi connectivity index (χ2v) is 6.49. The normalized spacial score (nSPS) is 21.5. The molecule has 1 heterocycles. The van der Waals surface area contributed by atoms with Gasteiger partial charge in [-0.25, -0.2) is 0 Å². The van der Waals surface area contributed by atoms with Crippen LogP contribution in [0.1, 0.15) is 37.4 Å². The topological polar surface area (TPSA) is 72.8 Å². The van der Waals surface area contributed by atoms with Crippen molar-refractivity contribution in [2.75, 3.05) is 23.4 Å². The minimum absolute atomic E-state index is 0.0923. The molecule has 1 saturated carbocycles. The Bertz CT molecular complexity index is 558. The van der Waals surface area contributed by atoms with Gasteiger partial charge in [-0.15, -0.1) is 0 Å². The van der Waals surface area contributed by atoms with Crippen LogP contribution >= 0.6 is 15.9 Å². The number of hydrogen-bond acceptors (Lipinski definition) is 4. The zero-order chi connectivity index (χ0) is 15.0. The van der Waals surface area contributed by atoms with E-state index in [0.717, 1.165) is 23.0 Å². The van der Waals surface area contributed by atoms with Gasteiger partial charge in [-0.05, 0) is 40.9 Å². The van der Waals surface area contributed by atoms with Crippen molar-refractivity contribution in [3.05, 3.63) is 22.2 Å². The van der Waals surface area contributed by atoms with Gasteiger partial charge in [0.2, 0.25) is 0 Å². The maximum Gasteiger partial charge on any atom is 0.257 e. The molecule has 1 atom stereocenters. The van der Waals surface area contributed by atoms with E-state index in [1.165, 1.54) is 12.8 Å². The molecule has 3 N–H and O–H groups in total. The van der Waals surface area contributed by atoms with Crippen molar-refractivity contribution >= 4 is 33.2 Å². The van der Waals surface area contributed by atoms with Gasteiger partial charge < -0.3 is 20.4 Å². The molecule has 1 aliphatic carbocycles. The lowest BCUT2D eigenvalue weighted by atomic mass is 10.1. The maximum absolute atomic E-state index is 11.6. The summed E-state index contributed by atoms with van der Waals surface area (Å²) in [5.41, 5.74) is 2.22. The lowest BCUT2D eigenvalue weighted by molar-refractivity contribution is -0.123. The number of fused-ring (bicyclic) bond motifs is 1. The summed E-state index contributed by atoms with van der Waals surface area (Å²) in [7, 11) is 0. The average Bonchev–Trinajstić information content (AvgIpc) is 3.07. The third-order valence-electron chi connectivity index (χ3n) is 4.34. The summed E-state index contributed by atoms with van der Waals surface area (Å²) in [5.74, 6) is -0.386. The number of nitrogens with zero attached hydrogens (tertiary/aromatic N) is 1. The zero-order valence-electron chi connectivity index (χ0n) is 11.7. The standard InChI is InChI=1S/C15H19BrN2O3/c16-11-7-10-12(17-15(21)14(10)20)8-13(11)18(5-6-19)9-3-1-2-4-9/h7-9,14,19-20H,1-6H2,(H,17,21). The highest BCUT2D eigenvalue weighted by Gasteiger charge is 2.31. The second-order valence-electron chi connectivity index (χ2n) is 5.64. The Balaban J connectivity index is 1.97. The van der Waals surface area contributed by atoms with Gasteiger partial charge in [0.15, 0.2) is 6.10 Å². The van der Waals surface area contributed by atoms with Crippen LogP contribution in [-0.2, 0) is 4.79 Å². The number of hydrogen-bond donors (Lipinski definition) is 3. The van der Waals surface area contributed by atoms with Crippen LogP contribution in [0.4, 0.5) is 11.4 Å². The molecule has 0 bridgehead atoms. The molecule has 1 fully saturated rings. The number of aliphatic hydroxyl groups is 2. The fraction of sp³-hybridized carbons (Fsp3) is 0.533. The first-order chi connectivity index (χ1) is 10.1. The number of benzene rings is 1. The van der Waals surface area contributed by atoms with Gasteiger partial charge in [-0.1, -0.05) is 12.8 Å². The molecule has 3 rings (SSSR count). The molecular formula is C15H19BrN2O3. The predicted molar refractivity (Wildman–Crippen MR) is 84.4 cm³/mol. The van der Waals surface area contributed by atoms with E-state index >= 15 is 0 Å². The van der Waals surface area contributed by atoms with E-state index in [0.29, 0.717) is 23.8 Å². The first kappa shape index (κ1) is 14.8. The van der Waals surface area contributed by atoms with Crippen molar-refractivity contribution in [3.63, 3.8) is 0 Å². The van der Waals surface area contributed by atoms with Crippen molar-refractivity contribution < 1.29 is 15.0 Å². The fourth-order valence-electron chi connectivity index (χ4n) is 3.30.